The number of rotatable bonds is 15. The highest BCUT2D eigenvalue weighted by Gasteiger charge is 2.38. The van der Waals surface area contributed by atoms with Crippen LogP contribution in [0.15, 0.2) is 48.5 Å². The lowest BCUT2D eigenvalue weighted by atomic mass is 9.86. The van der Waals surface area contributed by atoms with E-state index in [1.54, 1.807) is 43.3 Å². The molecular formula is C32H43NO9. The minimum absolute atomic E-state index is 0.0436. The van der Waals surface area contributed by atoms with E-state index in [0.29, 0.717) is 36.0 Å². The van der Waals surface area contributed by atoms with Crippen LogP contribution in [0, 0.1) is 11.8 Å². The normalized spacial score (nSPS) is 13.2. The smallest absolute Gasteiger partial charge is 0.468 e. The molecule has 0 amide bonds. The second-order valence-electron chi connectivity index (χ2n) is 11.2. The van der Waals surface area contributed by atoms with E-state index in [-0.39, 0.29) is 37.2 Å². The van der Waals surface area contributed by atoms with Gasteiger partial charge in [0.1, 0.15) is 17.4 Å². The molecule has 0 radical (unpaired) electrons. The maximum Gasteiger partial charge on any atom is 0.514 e. The molecule has 0 saturated heterocycles. The Hall–Kier alpha value is -3.92. The summed E-state index contributed by atoms with van der Waals surface area (Å²) in [7, 11) is 1.21. The summed E-state index contributed by atoms with van der Waals surface area (Å²) in [4.78, 5) is 50.1. The van der Waals surface area contributed by atoms with E-state index < -0.39 is 35.7 Å². The molecule has 0 aliphatic heterocycles. The zero-order valence-corrected chi connectivity index (χ0v) is 25.3. The monoisotopic (exact) mass is 585 g/mol. The van der Waals surface area contributed by atoms with Crippen LogP contribution in [0.3, 0.4) is 0 Å². The summed E-state index contributed by atoms with van der Waals surface area (Å²) in [5.41, 5.74) is 5.43. The van der Waals surface area contributed by atoms with Crippen molar-refractivity contribution in [2.24, 2.45) is 17.6 Å². The van der Waals surface area contributed by atoms with E-state index >= 15 is 0 Å². The van der Waals surface area contributed by atoms with Crippen LogP contribution in [0.1, 0.15) is 72.3 Å². The zero-order valence-electron chi connectivity index (χ0n) is 25.3. The lowest BCUT2D eigenvalue weighted by molar-refractivity contribution is -0.148. The fraction of sp³-hybridized carbons (Fsp3) is 0.500. The van der Waals surface area contributed by atoms with Crippen molar-refractivity contribution in [3.8, 4) is 17.2 Å². The fourth-order valence-corrected chi connectivity index (χ4v) is 4.11. The molecule has 0 fully saturated rings. The van der Waals surface area contributed by atoms with Gasteiger partial charge >= 0.3 is 24.1 Å². The summed E-state index contributed by atoms with van der Waals surface area (Å²) in [5, 5.41) is 0. The van der Waals surface area contributed by atoms with Crippen LogP contribution in [-0.2, 0) is 30.3 Å². The average molecular weight is 586 g/mol. The Bertz CT molecular complexity index is 1200. The highest BCUT2D eigenvalue weighted by Crippen LogP contribution is 2.32. The van der Waals surface area contributed by atoms with Crippen molar-refractivity contribution in [1.82, 2.24) is 0 Å². The number of carbonyl (C=O) groups is 4. The number of carbonyl (C=O) groups excluding carboxylic acids is 4. The first-order chi connectivity index (χ1) is 19.8. The minimum Gasteiger partial charge on any atom is -0.468 e. The third-order valence-electron chi connectivity index (χ3n) is 6.31. The van der Waals surface area contributed by atoms with Gasteiger partial charge in [-0.1, -0.05) is 52.0 Å². The van der Waals surface area contributed by atoms with Gasteiger partial charge in [0.15, 0.2) is 11.5 Å². The van der Waals surface area contributed by atoms with Gasteiger partial charge in [0, 0.05) is 25.7 Å². The van der Waals surface area contributed by atoms with Crippen LogP contribution in [0.5, 0.6) is 17.2 Å². The molecule has 2 aromatic rings. The molecule has 0 saturated carbocycles. The number of benzene rings is 2. The molecule has 2 atom stereocenters. The Morgan fingerprint density at radius 3 is 1.90 bits per heavy atom. The molecule has 2 N–H and O–H groups in total. The first-order valence-electron chi connectivity index (χ1n) is 14.2. The van der Waals surface area contributed by atoms with Crippen LogP contribution in [0.2, 0.25) is 0 Å². The van der Waals surface area contributed by atoms with E-state index in [4.69, 9.17) is 29.4 Å². The second kappa shape index (κ2) is 16.5. The first-order valence-corrected chi connectivity index (χ1v) is 14.2. The summed E-state index contributed by atoms with van der Waals surface area (Å²) >= 11 is 0. The highest BCUT2D eigenvalue weighted by atomic mass is 16.7. The number of methoxy groups -OCH3 is 1. The highest BCUT2D eigenvalue weighted by molar-refractivity contribution is 5.81. The van der Waals surface area contributed by atoms with Gasteiger partial charge in [-0.3, -0.25) is 14.4 Å². The number of esters is 3. The molecule has 0 aliphatic carbocycles. The second-order valence-corrected chi connectivity index (χ2v) is 11.2. The van der Waals surface area contributed by atoms with Gasteiger partial charge in [-0.05, 0) is 61.4 Å². The Morgan fingerprint density at radius 2 is 1.36 bits per heavy atom. The third-order valence-corrected chi connectivity index (χ3v) is 6.31. The Kier molecular flexibility index (Phi) is 13.5. The third kappa shape index (κ3) is 11.9. The lowest BCUT2D eigenvalue weighted by Gasteiger charge is -2.29. The molecule has 1 unspecified atom stereocenters. The maximum atomic E-state index is 12.8. The van der Waals surface area contributed by atoms with Crippen LogP contribution in [0.4, 0.5) is 4.79 Å². The van der Waals surface area contributed by atoms with Crippen molar-refractivity contribution in [2.75, 3.05) is 7.11 Å². The van der Waals surface area contributed by atoms with Gasteiger partial charge in [0.05, 0.1) is 7.11 Å². The summed E-state index contributed by atoms with van der Waals surface area (Å²) < 4.78 is 26.6. The van der Waals surface area contributed by atoms with Crippen molar-refractivity contribution in [1.29, 1.82) is 0 Å². The molecule has 42 heavy (non-hydrogen) atoms. The molecule has 2 aromatic carbocycles. The molecule has 2 rings (SSSR count). The Labute approximate surface area is 247 Å². The Morgan fingerprint density at radius 1 is 0.786 bits per heavy atom. The molecule has 10 heteroatoms. The minimum atomic E-state index is -1.62. The molecule has 10 nitrogen and oxygen atoms in total. The number of para-hydroxylation sites is 1. The van der Waals surface area contributed by atoms with Gasteiger partial charge in [-0.2, -0.15) is 0 Å². The first kappa shape index (κ1) is 34.3. The number of ether oxygens (including phenoxy) is 5. The lowest BCUT2D eigenvalue weighted by Crippen LogP contribution is -2.53. The molecule has 0 aromatic heterocycles. The largest absolute Gasteiger partial charge is 0.514 e. The zero-order chi connectivity index (χ0) is 31.3. The van der Waals surface area contributed by atoms with Crippen molar-refractivity contribution in [3.63, 3.8) is 0 Å². The van der Waals surface area contributed by atoms with Gasteiger partial charge in [-0.15, -0.1) is 0 Å². The fourth-order valence-electron chi connectivity index (χ4n) is 4.11. The molecule has 230 valence electrons. The van der Waals surface area contributed by atoms with Gasteiger partial charge in [0.25, 0.3) is 0 Å². The van der Waals surface area contributed by atoms with Gasteiger partial charge in [-0.25, -0.2) is 4.79 Å². The van der Waals surface area contributed by atoms with Gasteiger partial charge < -0.3 is 29.4 Å². The summed E-state index contributed by atoms with van der Waals surface area (Å²) in [6, 6.07) is 13.0. The van der Waals surface area contributed by atoms with Crippen LogP contribution in [0.25, 0.3) is 0 Å². The SMILES string of the molecule is COC(=O)C(N)(Cc1ccc(OC(=O)CCC(C)C)c(OC(=O)CCC(C)C)c1)C[C@H](C)OC(=O)Oc1ccccc1. The molecule has 0 spiro atoms. The van der Waals surface area contributed by atoms with E-state index in [1.165, 1.54) is 19.2 Å². The summed E-state index contributed by atoms with van der Waals surface area (Å²) in [6.07, 6.45) is -0.258. The predicted octanol–water partition coefficient (Wildman–Crippen LogP) is 5.78. The van der Waals surface area contributed by atoms with E-state index in [9.17, 15) is 19.2 Å². The van der Waals surface area contributed by atoms with Crippen LogP contribution < -0.4 is 19.9 Å². The standard InChI is InChI=1S/C32H43NO9/c1-21(2)12-16-28(34)41-26-15-14-24(18-27(26)42-29(35)17-13-22(3)4)20-32(33,30(36)38-6)19-23(5)39-31(37)40-25-10-8-7-9-11-25/h7-11,14-15,18,21-23H,12-13,16-17,19-20,33H2,1-6H3/t23-,32?/m0/s1. The number of hydrogen-bond donors (Lipinski definition) is 1. The van der Waals surface area contributed by atoms with Crippen LogP contribution in [-0.4, -0.2) is 42.8 Å². The average Bonchev–Trinajstić information content (AvgIpc) is 2.92. The molecule has 0 heterocycles. The van der Waals surface area contributed by atoms with Crippen molar-refractivity contribution in [2.45, 2.75) is 84.8 Å². The number of hydrogen-bond acceptors (Lipinski definition) is 10. The van der Waals surface area contributed by atoms with E-state index in [0.717, 1.165) is 0 Å². The summed E-state index contributed by atoms with van der Waals surface area (Å²) in [6.45, 7) is 9.58. The summed E-state index contributed by atoms with van der Waals surface area (Å²) in [5.74, 6) is -0.608. The molecule has 0 bridgehead atoms. The van der Waals surface area contributed by atoms with Crippen molar-refractivity contribution in [3.05, 3.63) is 54.1 Å². The maximum absolute atomic E-state index is 12.8. The quantitative estimate of drug-likeness (QED) is 0.155. The van der Waals surface area contributed by atoms with E-state index in [2.05, 4.69) is 0 Å². The molecule has 0 aliphatic rings. The van der Waals surface area contributed by atoms with Gasteiger partial charge in [0.2, 0.25) is 0 Å². The van der Waals surface area contributed by atoms with Crippen molar-refractivity contribution >= 4 is 24.1 Å². The van der Waals surface area contributed by atoms with Crippen LogP contribution >= 0.6 is 0 Å². The Balaban J connectivity index is 2.24. The number of nitrogens with two attached hydrogens (primary N) is 1. The predicted molar refractivity (Wildman–Crippen MR) is 156 cm³/mol. The topological polar surface area (TPSA) is 140 Å². The molecular weight excluding hydrogens is 542 g/mol. The van der Waals surface area contributed by atoms with Crippen molar-refractivity contribution < 1.29 is 42.9 Å². The van der Waals surface area contributed by atoms with E-state index in [1.807, 2.05) is 27.7 Å².